The molecule has 0 aliphatic heterocycles. The normalized spacial score (nSPS) is 11.8. The summed E-state index contributed by atoms with van der Waals surface area (Å²) in [6.45, 7) is 0. The van der Waals surface area contributed by atoms with Crippen LogP contribution in [0.5, 0.6) is 0 Å². The zero-order valence-electron chi connectivity index (χ0n) is 37.2. The van der Waals surface area contributed by atoms with Crippen LogP contribution in [0.25, 0.3) is 133 Å². The van der Waals surface area contributed by atoms with Gasteiger partial charge in [0.2, 0.25) is 0 Å². The molecule has 0 spiro atoms. The van der Waals surface area contributed by atoms with E-state index in [0.29, 0.717) is 17.5 Å². The van der Waals surface area contributed by atoms with Crippen molar-refractivity contribution in [1.29, 1.82) is 0 Å². The van der Waals surface area contributed by atoms with Crippen LogP contribution in [0.1, 0.15) is 0 Å². The maximum Gasteiger partial charge on any atom is 0.164 e. The molecule has 6 nitrogen and oxygen atoms in total. The van der Waals surface area contributed by atoms with Crippen molar-refractivity contribution >= 4 is 65.6 Å². The standard InChI is InChI=1S/C63H39N5O/c1-5-17-40(18-6-1)61-64-62(41-19-7-2-8-20-41)66-63(65-61)49-27-16-30-58-60(49)52-38-43(33-36-57(52)69-58)42-31-34-54-50(37-42)51-39-44(32-35-55(51)67(54)45-21-9-3-10-22-45)47-26-15-29-56-59(47)48-25-13-14-28-53(48)68(56)46-23-11-4-12-24-46/h1-39H. The van der Waals surface area contributed by atoms with Crippen LogP contribution in [-0.4, -0.2) is 24.1 Å². The third-order valence-corrected chi connectivity index (χ3v) is 13.6. The highest BCUT2D eigenvalue weighted by atomic mass is 16.3. The summed E-state index contributed by atoms with van der Waals surface area (Å²) < 4.78 is 11.4. The summed E-state index contributed by atoms with van der Waals surface area (Å²) in [5.74, 6) is 1.83. The fraction of sp³-hybridized carbons (Fsp3) is 0. The van der Waals surface area contributed by atoms with Gasteiger partial charge in [-0.1, -0.05) is 158 Å². The Hall–Kier alpha value is -9.39. The predicted octanol–water partition coefficient (Wildman–Crippen LogP) is 16.3. The van der Waals surface area contributed by atoms with Gasteiger partial charge in [0.15, 0.2) is 17.5 Å². The first kappa shape index (κ1) is 38.8. The molecule has 14 rings (SSSR count). The Morgan fingerprint density at radius 1 is 0.275 bits per heavy atom. The molecule has 0 bridgehead atoms. The fourth-order valence-corrected chi connectivity index (χ4v) is 10.5. The van der Waals surface area contributed by atoms with Crippen molar-refractivity contribution in [3.8, 4) is 67.8 Å². The van der Waals surface area contributed by atoms with E-state index in [1.807, 2.05) is 72.8 Å². The summed E-state index contributed by atoms with van der Waals surface area (Å²) >= 11 is 0. The molecule has 0 radical (unpaired) electrons. The van der Waals surface area contributed by atoms with Gasteiger partial charge in [0, 0.05) is 60.4 Å². The highest BCUT2D eigenvalue weighted by Crippen LogP contribution is 2.43. The Morgan fingerprint density at radius 2 is 0.754 bits per heavy atom. The second-order valence-electron chi connectivity index (χ2n) is 17.6. The summed E-state index contributed by atoms with van der Waals surface area (Å²) in [4.78, 5) is 15.2. The zero-order chi connectivity index (χ0) is 45.4. The zero-order valence-corrected chi connectivity index (χ0v) is 37.2. The van der Waals surface area contributed by atoms with Gasteiger partial charge in [0.1, 0.15) is 11.2 Å². The SMILES string of the molecule is c1ccc(-c2nc(-c3ccccc3)nc(-c3cccc4oc5ccc(-c6ccc7c(c6)c6cc(-c8cccc9c8c8ccccc8n9-c8ccccc8)ccc6n7-c6ccccc6)cc5c34)n2)cc1. The number of hydrogen-bond acceptors (Lipinski definition) is 4. The maximum atomic E-state index is 6.58. The molecule has 0 fully saturated rings. The Bertz CT molecular complexity index is 4230. The van der Waals surface area contributed by atoms with Crippen LogP contribution in [0.3, 0.4) is 0 Å². The topological polar surface area (TPSA) is 61.7 Å². The molecule has 14 aromatic rings. The number of benzene rings is 10. The van der Waals surface area contributed by atoms with Crippen molar-refractivity contribution in [3.05, 3.63) is 237 Å². The van der Waals surface area contributed by atoms with Crippen molar-refractivity contribution in [1.82, 2.24) is 24.1 Å². The number of fused-ring (bicyclic) bond motifs is 9. The molecule has 0 atom stereocenters. The van der Waals surface area contributed by atoms with Gasteiger partial charge in [-0.05, 0) is 101 Å². The molecule has 0 saturated heterocycles. The number of rotatable bonds is 7. The molecular weight excluding hydrogens is 843 g/mol. The summed E-state index contributed by atoms with van der Waals surface area (Å²) in [5, 5.41) is 6.80. The Morgan fingerprint density at radius 3 is 1.42 bits per heavy atom. The summed E-state index contributed by atoms with van der Waals surface area (Å²) in [6, 6.07) is 83.5. The average molecular weight is 882 g/mol. The van der Waals surface area contributed by atoms with Gasteiger partial charge >= 0.3 is 0 Å². The lowest BCUT2D eigenvalue weighted by Gasteiger charge is -2.10. The van der Waals surface area contributed by atoms with E-state index in [9.17, 15) is 0 Å². The Balaban J connectivity index is 0.955. The van der Waals surface area contributed by atoms with Crippen molar-refractivity contribution in [3.63, 3.8) is 0 Å². The van der Waals surface area contributed by atoms with Gasteiger partial charge in [-0.3, -0.25) is 0 Å². The quantitative estimate of drug-likeness (QED) is 0.160. The summed E-state index contributed by atoms with van der Waals surface area (Å²) in [7, 11) is 0. The molecule has 69 heavy (non-hydrogen) atoms. The van der Waals surface area contributed by atoms with Gasteiger partial charge in [-0.25, -0.2) is 15.0 Å². The van der Waals surface area contributed by atoms with E-state index in [0.717, 1.165) is 72.2 Å². The third kappa shape index (κ3) is 6.30. The lowest BCUT2D eigenvalue weighted by molar-refractivity contribution is 0.669. The van der Waals surface area contributed by atoms with E-state index in [-0.39, 0.29) is 0 Å². The van der Waals surface area contributed by atoms with Crippen LogP contribution in [-0.2, 0) is 0 Å². The van der Waals surface area contributed by atoms with E-state index in [1.165, 1.54) is 43.7 Å². The first-order valence-electron chi connectivity index (χ1n) is 23.3. The Labute approximate surface area is 396 Å². The molecule has 4 heterocycles. The molecule has 0 aliphatic carbocycles. The minimum Gasteiger partial charge on any atom is -0.456 e. The van der Waals surface area contributed by atoms with Gasteiger partial charge in [-0.15, -0.1) is 0 Å². The van der Waals surface area contributed by atoms with E-state index in [2.05, 4.69) is 173 Å². The molecule has 4 aromatic heterocycles. The molecule has 322 valence electrons. The Kier molecular flexibility index (Phi) is 8.79. The van der Waals surface area contributed by atoms with Gasteiger partial charge < -0.3 is 13.6 Å². The highest BCUT2D eigenvalue weighted by molar-refractivity contribution is 6.18. The van der Waals surface area contributed by atoms with Gasteiger partial charge in [-0.2, -0.15) is 0 Å². The van der Waals surface area contributed by atoms with Crippen LogP contribution >= 0.6 is 0 Å². The van der Waals surface area contributed by atoms with E-state index in [4.69, 9.17) is 19.4 Å². The van der Waals surface area contributed by atoms with Crippen molar-refractivity contribution in [2.24, 2.45) is 0 Å². The lowest BCUT2D eigenvalue weighted by Crippen LogP contribution is -2.00. The summed E-state index contributed by atoms with van der Waals surface area (Å²) in [6.07, 6.45) is 0. The van der Waals surface area contributed by atoms with E-state index in [1.54, 1.807) is 0 Å². The van der Waals surface area contributed by atoms with E-state index >= 15 is 0 Å². The molecule has 0 amide bonds. The van der Waals surface area contributed by atoms with Crippen molar-refractivity contribution in [2.75, 3.05) is 0 Å². The average Bonchev–Trinajstić information content (AvgIpc) is 4.09. The lowest BCUT2D eigenvalue weighted by atomic mass is 9.96. The third-order valence-electron chi connectivity index (χ3n) is 13.6. The van der Waals surface area contributed by atoms with Crippen LogP contribution in [0.4, 0.5) is 0 Å². The molecule has 10 aromatic carbocycles. The smallest absolute Gasteiger partial charge is 0.164 e. The minimum atomic E-state index is 0.590. The monoisotopic (exact) mass is 881 g/mol. The highest BCUT2D eigenvalue weighted by Gasteiger charge is 2.21. The van der Waals surface area contributed by atoms with Crippen molar-refractivity contribution in [2.45, 2.75) is 0 Å². The van der Waals surface area contributed by atoms with Crippen LogP contribution in [0.2, 0.25) is 0 Å². The second kappa shape index (κ2) is 15.6. The molecule has 0 unspecified atom stereocenters. The van der Waals surface area contributed by atoms with Crippen LogP contribution in [0, 0.1) is 0 Å². The van der Waals surface area contributed by atoms with Crippen LogP contribution in [0.15, 0.2) is 241 Å². The predicted molar refractivity (Wildman–Crippen MR) is 283 cm³/mol. The minimum absolute atomic E-state index is 0.590. The number of hydrogen-bond donors (Lipinski definition) is 0. The molecular formula is C63H39N5O. The van der Waals surface area contributed by atoms with Gasteiger partial charge in [0.25, 0.3) is 0 Å². The molecule has 0 saturated carbocycles. The molecule has 0 aliphatic rings. The van der Waals surface area contributed by atoms with E-state index < -0.39 is 0 Å². The largest absolute Gasteiger partial charge is 0.456 e. The molecule has 6 heteroatoms. The van der Waals surface area contributed by atoms with Crippen molar-refractivity contribution < 1.29 is 4.42 Å². The first-order valence-corrected chi connectivity index (χ1v) is 23.3. The molecule has 0 N–H and O–H groups in total. The van der Waals surface area contributed by atoms with Crippen LogP contribution < -0.4 is 0 Å². The van der Waals surface area contributed by atoms with Gasteiger partial charge in [0.05, 0.1) is 22.1 Å². The number of nitrogens with zero attached hydrogens (tertiary/aromatic N) is 5. The maximum absolute atomic E-state index is 6.58. The fourth-order valence-electron chi connectivity index (χ4n) is 10.5. The number of furan rings is 1. The second-order valence-corrected chi connectivity index (χ2v) is 17.6. The number of aromatic nitrogens is 5. The summed E-state index contributed by atoms with van der Waals surface area (Å²) in [5.41, 5.74) is 15.8. The number of para-hydroxylation sites is 3. The first-order chi connectivity index (χ1) is 34.2.